The zero-order valence-electron chi connectivity index (χ0n) is 14.3. The monoisotopic (exact) mass is 315 g/mol. The van der Waals surface area contributed by atoms with Crippen LogP contribution in [0.1, 0.15) is 78.1 Å². The Balaban J connectivity index is 3.90. The Morgan fingerprint density at radius 2 is 1.68 bits per heavy atom. The first-order chi connectivity index (χ1) is 10.6. The summed E-state index contributed by atoms with van der Waals surface area (Å²) in [6.45, 7) is 4.05. The lowest BCUT2D eigenvalue weighted by Crippen LogP contribution is -2.36. The lowest BCUT2D eigenvalue weighted by atomic mass is 10.1. The predicted octanol–water partition coefficient (Wildman–Crippen LogP) is 4.30. The van der Waals surface area contributed by atoms with Crippen molar-refractivity contribution in [3.05, 3.63) is 12.2 Å². The van der Waals surface area contributed by atoms with Gasteiger partial charge in [0.15, 0.2) is 0 Å². The van der Waals surface area contributed by atoms with E-state index in [1.165, 1.54) is 25.3 Å². The normalized spacial score (nSPS) is 14.2. The average Bonchev–Trinajstić information content (AvgIpc) is 2.51. The smallest absolute Gasteiger partial charge is 0.220 e. The second kappa shape index (κ2) is 15.0. The van der Waals surface area contributed by atoms with Gasteiger partial charge in [-0.05, 0) is 12.8 Å². The average molecular weight is 315 g/mol. The van der Waals surface area contributed by atoms with Crippen molar-refractivity contribution < 1.29 is 14.3 Å². The van der Waals surface area contributed by atoms with Crippen molar-refractivity contribution in [1.82, 2.24) is 5.32 Å². The van der Waals surface area contributed by atoms with Crippen molar-refractivity contribution in [1.29, 1.82) is 0 Å². The van der Waals surface area contributed by atoms with E-state index < -0.39 is 12.2 Å². The molecule has 130 valence electrons. The topological polar surface area (TPSA) is 49.3 Å². The van der Waals surface area contributed by atoms with Crippen LogP contribution in [0, 0.1) is 0 Å². The molecular weight excluding hydrogens is 281 g/mol. The molecule has 2 atom stereocenters. The van der Waals surface area contributed by atoms with Gasteiger partial charge in [0.2, 0.25) is 5.91 Å². The molecule has 22 heavy (non-hydrogen) atoms. The Morgan fingerprint density at radius 3 is 2.32 bits per heavy atom. The summed E-state index contributed by atoms with van der Waals surface area (Å²) in [5.74, 6) is -0.0767. The number of aliphatic hydroxyl groups is 1. The van der Waals surface area contributed by atoms with Crippen LogP contribution in [0.3, 0.4) is 0 Å². The number of alkyl halides is 1. The molecule has 0 heterocycles. The van der Waals surface area contributed by atoms with Crippen molar-refractivity contribution >= 4 is 5.91 Å². The summed E-state index contributed by atoms with van der Waals surface area (Å²) in [6.07, 6.45) is 11.5. The quantitative estimate of drug-likeness (QED) is 0.371. The molecule has 0 aliphatic carbocycles. The minimum absolute atomic E-state index is 0.0767. The second-order valence-corrected chi connectivity index (χ2v) is 5.92. The van der Waals surface area contributed by atoms with E-state index in [0.717, 1.165) is 32.1 Å². The molecule has 0 aliphatic heterocycles. The largest absolute Gasteiger partial charge is 0.394 e. The van der Waals surface area contributed by atoms with Gasteiger partial charge >= 0.3 is 0 Å². The first kappa shape index (κ1) is 21.1. The summed E-state index contributed by atoms with van der Waals surface area (Å²) in [5.41, 5.74) is 0. The van der Waals surface area contributed by atoms with Gasteiger partial charge in [-0.3, -0.25) is 4.79 Å². The van der Waals surface area contributed by atoms with E-state index in [1.54, 1.807) is 6.08 Å². The number of rotatable bonds is 14. The Kier molecular flexibility index (Phi) is 14.4. The molecule has 0 saturated heterocycles. The molecule has 0 fully saturated rings. The Morgan fingerprint density at radius 1 is 1.05 bits per heavy atom. The van der Waals surface area contributed by atoms with Gasteiger partial charge in [-0.2, -0.15) is 0 Å². The summed E-state index contributed by atoms with van der Waals surface area (Å²) in [5, 5.41) is 12.0. The Hall–Kier alpha value is -0.900. The number of carbonyl (C=O) groups excluding carboxylic acids is 1. The number of allylic oxidation sites excluding steroid dienone is 1. The van der Waals surface area contributed by atoms with Crippen LogP contribution in [0.25, 0.3) is 0 Å². The summed E-state index contributed by atoms with van der Waals surface area (Å²) in [4.78, 5) is 11.7. The van der Waals surface area contributed by atoms with Crippen LogP contribution in [0.15, 0.2) is 12.2 Å². The van der Waals surface area contributed by atoms with E-state index >= 15 is 0 Å². The molecule has 0 radical (unpaired) electrons. The SMILES string of the molecule is CCCCCCC[C@@H](F)/C=C/[C@H](CO)NC(=O)CCCCC. The van der Waals surface area contributed by atoms with Crippen molar-refractivity contribution in [3.63, 3.8) is 0 Å². The highest BCUT2D eigenvalue weighted by atomic mass is 19.1. The van der Waals surface area contributed by atoms with Gasteiger partial charge < -0.3 is 10.4 Å². The maximum absolute atomic E-state index is 13.7. The lowest BCUT2D eigenvalue weighted by Gasteiger charge is -2.13. The molecule has 0 aromatic heterocycles. The van der Waals surface area contributed by atoms with Gasteiger partial charge in [0.25, 0.3) is 0 Å². The molecule has 0 unspecified atom stereocenters. The van der Waals surface area contributed by atoms with Crippen molar-refractivity contribution in [3.8, 4) is 0 Å². The minimum Gasteiger partial charge on any atom is -0.394 e. The second-order valence-electron chi connectivity index (χ2n) is 5.92. The number of aliphatic hydroxyl groups excluding tert-OH is 1. The Bertz CT molecular complexity index is 295. The molecule has 0 aromatic rings. The van der Waals surface area contributed by atoms with E-state index in [9.17, 15) is 14.3 Å². The van der Waals surface area contributed by atoms with Gasteiger partial charge in [0.05, 0.1) is 12.6 Å². The number of amides is 1. The van der Waals surface area contributed by atoms with Gasteiger partial charge in [-0.25, -0.2) is 4.39 Å². The summed E-state index contributed by atoms with van der Waals surface area (Å²) >= 11 is 0. The number of hydrogen-bond acceptors (Lipinski definition) is 2. The number of carbonyl (C=O) groups is 1. The summed E-state index contributed by atoms with van der Waals surface area (Å²) in [6, 6.07) is -0.479. The van der Waals surface area contributed by atoms with Crippen LogP contribution >= 0.6 is 0 Å². The van der Waals surface area contributed by atoms with Gasteiger partial charge in [0, 0.05) is 6.42 Å². The predicted molar refractivity (Wildman–Crippen MR) is 90.6 cm³/mol. The molecule has 0 rings (SSSR count). The molecule has 0 spiro atoms. The van der Waals surface area contributed by atoms with Crippen molar-refractivity contribution in [2.24, 2.45) is 0 Å². The Labute approximate surface area is 135 Å². The fourth-order valence-corrected chi connectivity index (χ4v) is 2.26. The summed E-state index contributed by atoms with van der Waals surface area (Å²) in [7, 11) is 0. The molecular formula is C18H34FNO2. The van der Waals surface area contributed by atoms with Gasteiger partial charge in [-0.15, -0.1) is 0 Å². The van der Waals surface area contributed by atoms with Crippen LogP contribution in [-0.4, -0.2) is 29.8 Å². The fraction of sp³-hybridized carbons (Fsp3) is 0.833. The third-order valence-corrected chi connectivity index (χ3v) is 3.69. The first-order valence-electron chi connectivity index (χ1n) is 8.86. The highest BCUT2D eigenvalue weighted by Crippen LogP contribution is 2.10. The van der Waals surface area contributed by atoms with E-state index in [4.69, 9.17) is 0 Å². The van der Waals surface area contributed by atoms with Gasteiger partial charge in [0.1, 0.15) is 6.17 Å². The number of halogens is 1. The maximum atomic E-state index is 13.7. The van der Waals surface area contributed by atoms with Crippen LogP contribution in [0.5, 0.6) is 0 Å². The van der Waals surface area contributed by atoms with E-state index in [-0.39, 0.29) is 12.5 Å². The maximum Gasteiger partial charge on any atom is 0.220 e. The van der Waals surface area contributed by atoms with Crippen LogP contribution in [0.2, 0.25) is 0 Å². The molecule has 2 N–H and O–H groups in total. The molecule has 3 nitrogen and oxygen atoms in total. The third-order valence-electron chi connectivity index (χ3n) is 3.69. The van der Waals surface area contributed by atoms with Crippen LogP contribution in [-0.2, 0) is 4.79 Å². The van der Waals surface area contributed by atoms with Crippen LogP contribution < -0.4 is 5.32 Å². The highest BCUT2D eigenvalue weighted by Gasteiger charge is 2.09. The summed E-state index contributed by atoms with van der Waals surface area (Å²) < 4.78 is 13.7. The fourth-order valence-electron chi connectivity index (χ4n) is 2.26. The van der Waals surface area contributed by atoms with Crippen molar-refractivity contribution in [2.45, 2.75) is 90.3 Å². The lowest BCUT2D eigenvalue weighted by molar-refractivity contribution is -0.121. The third kappa shape index (κ3) is 12.8. The van der Waals surface area contributed by atoms with Gasteiger partial charge in [-0.1, -0.05) is 70.9 Å². The van der Waals surface area contributed by atoms with E-state index in [0.29, 0.717) is 12.8 Å². The van der Waals surface area contributed by atoms with Crippen LogP contribution in [0.4, 0.5) is 4.39 Å². The molecule has 0 saturated carbocycles. The van der Waals surface area contributed by atoms with Crippen molar-refractivity contribution in [2.75, 3.05) is 6.61 Å². The molecule has 0 aliphatic rings. The number of nitrogens with one attached hydrogen (secondary N) is 1. The zero-order chi connectivity index (χ0) is 16.6. The molecule has 4 heteroatoms. The highest BCUT2D eigenvalue weighted by molar-refractivity contribution is 5.76. The first-order valence-corrected chi connectivity index (χ1v) is 8.86. The molecule has 0 aromatic carbocycles. The molecule has 1 amide bonds. The number of unbranched alkanes of at least 4 members (excludes halogenated alkanes) is 6. The zero-order valence-corrected chi connectivity index (χ0v) is 14.3. The standard InChI is InChI=1S/C18H34FNO2/c1-3-5-7-8-10-11-16(19)13-14-17(15-21)20-18(22)12-9-6-4-2/h13-14,16-17,21H,3-12,15H2,1-2H3,(H,20,22)/b14-13+/t16-,17-/m1/s1. The number of hydrogen-bond donors (Lipinski definition) is 2. The molecule has 0 bridgehead atoms. The van der Waals surface area contributed by atoms with E-state index in [1.807, 2.05) is 0 Å². The minimum atomic E-state index is -0.993. The van der Waals surface area contributed by atoms with E-state index in [2.05, 4.69) is 19.2 Å².